The van der Waals surface area contributed by atoms with E-state index < -0.39 is 0 Å². The zero-order valence-electron chi connectivity index (χ0n) is 15.3. The molecule has 8 heteroatoms. The van der Waals surface area contributed by atoms with E-state index in [4.69, 9.17) is 25.5 Å². The molecular weight excluding hydrogens is 384 g/mol. The lowest BCUT2D eigenvalue weighted by Gasteiger charge is -2.32. The van der Waals surface area contributed by atoms with Gasteiger partial charge in [0.05, 0.1) is 17.7 Å². The summed E-state index contributed by atoms with van der Waals surface area (Å²) in [5.41, 5.74) is 0.775. The van der Waals surface area contributed by atoms with Crippen LogP contribution in [0.1, 0.15) is 29.0 Å². The zero-order valence-corrected chi connectivity index (χ0v) is 16.0. The first-order chi connectivity index (χ1) is 13.6. The van der Waals surface area contributed by atoms with Crippen molar-refractivity contribution in [3.63, 3.8) is 0 Å². The number of nitrogens with one attached hydrogen (secondary N) is 1. The van der Waals surface area contributed by atoms with Crippen LogP contribution in [0.3, 0.4) is 0 Å². The summed E-state index contributed by atoms with van der Waals surface area (Å²) in [7, 11) is 0. The number of carbonyl (C=O) groups is 2. The maximum Gasteiger partial charge on any atom is 0.289 e. The Balaban J connectivity index is 1.29. The molecule has 1 N–H and O–H groups in total. The van der Waals surface area contributed by atoms with E-state index in [0.29, 0.717) is 61.4 Å². The van der Waals surface area contributed by atoms with Crippen LogP contribution in [0.2, 0.25) is 5.02 Å². The number of benzene rings is 1. The van der Waals surface area contributed by atoms with Gasteiger partial charge in [-0.05, 0) is 42.7 Å². The molecule has 2 aliphatic heterocycles. The van der Waals surface area contributed by atoms with Gasteiger partial charge < -0.3 is 24.1 Å². The van der Waals surface area contributed by atoms with Crippen molar-refractivity contribution in [1.82, 2.24) is 10.2 Å². The molecule has 0 aliphatic carbocycles. The van der Waals surface area contributed by atoms with Crippen LogP contribution in [-0.2, 0) is 11.2 Å². The average molecular weight is 405 g/mol. The highest BCUT2D eigenvalue weighted by Crippen LogP contribution is 2.38. The number of ether oxygens (including phenoxy) is 2. The normalized spacial score (nSPS) is 16.7. The number of furan rings is 1. The minimum absolute atomic E-state index is 0.0424. The van der Waals surface area contributed by atoms with Crippen molar-refractivity contribution in [3.05, 3.63) is 46.9 Å². The average Bonchev–Trinajstić information content (AvgIpc) is 3.23. The van der Waals surface area contributed by atoms with E-state index in [1.54, 1.807) is 29.2 Å². The molecule has 0 spiro atoms. The van der Waals surface area contributed by atoms with Crippen molar-refractivity contribution in [2.75, 3.05) is 26.3 Å². The molecule has 2 amide bonds. The zero-order chi connectivity index (χ0) is 19.5. The number of fused-ring (bicyclic) bond motifs is 1. The summed E-state index contributed by atoms with van der Waals surface area (Å²) in [6, 6.07) is 6.93. The quantitative estimate of drug-likeness (QED) is 0.847. The van der Waals surface area contributed by atoms with Crippen molar-refractivity contribution in [1.29, 1.82) is 0 Å². The van der Waals surface area contributed by atoms with E-state index in [1.807, 2.05) is 0 Å². The van der Waals surface area contributed by atoms with Crippen molar-refractivity contribution in [2.24, 2.45) is 0 Å². The predicted molar refractivity (Wildman–Crippen MR) is 102 cm³/mol. The highest BCUT2D eigenvalue weighted by atomic mass is 35.5. The molecule has 0 bridgehead atoms. The molecule has 28 heavy (non-hydrogen) atoms. The second-order valence-corrected chi connectivity index (χ2v) is 7.30. The van der Waals surface area contributed by atoms with Gasteiger partial charge in [-0.15, -0.1) is 0 Å². The number of hydrogen-bond donors (Lipinski definition) is 1. The Morgan fingerprint density at radius 3 is 2.71 bits per heavy atom. The van der Waals surface area contributed by atoms with Crippen LogP contribution in [0.5, 0.6) is 11.5 Å². The number of rotatable bonds is 4. The van der Waals surface area contributed by atoms with Gasteiger partial charge >= 0.3 is 0 Å². The molecule has 0 radical (unpaired) electrons. The lowest BCUT2D eigenvalue weighted by atomic mass is 10.0. The molecule has 148 valence electrons. The van der Waals surface area contributed by atoms with Crippen LogP contribution in [0, 0.1) is 0 Å². The monoisotopic (exact) mass is 404 g/mol. The minimum Gasteiger partial charge on any atom is -0.486 e. The maximum absolute atomic E-state index is 12.4. The van der Waals surface area contributed by atoms with Crippen molar-refractivity contribution in [2.45, 2.75) is 25.3 Å². The second kappa shape index (κ2) is 8.14. The van der Waals surface area contributed by atoms with E-state index in [0.717, 1.165) is 5.56 Å². The fraction of sp³-hybridized carbons (Fsp3) is 0.400. The highest BCUT2D eigenvalue weighted by molar-refractivity contribution is 6.32. The molecule has 1 fully saturated rings. The molecule has 0 unspecified atom stereocenters. The number of amides is 2. The Hall–Kier alpha value is -2.67. The SMILES string of the molecule is O=C(Cc1cc(Cl)c2c(c1)OCCO2)NC1CCN(C(=O)c2ccco2)CC1. The molecule has 1 aromatic heterocycles. The Labute approximate surface area is 167 Å². The first kappa shape index (κ1) is 18.7. The van der Waals surface area contributed by atoms with Gasteiger partial charge in [-0.25, -0.2) is 0 Å². The summed E-state index contributed by atoms with van der Waals surface area (Å²) in [5, 5.41) is 3.49. The van der Waals surface area contributed by atoms with Crippen LogP contribution in [0.25, 0.3) is 0 Å². The van der Waals surface area contributed by atoms with E-state index >= 15 is 0 Å². The topological polar surface area (TPSA) is 81.0 Å². The Kier molecular flexibility index (Phi) is 5.43. The smallest absolute Gasteiger partial charge is 0.289 e. The first-order valence-corrected chi connectivity index (χ1v) is 9.68. The number of hydrogen-bond acceptors (Lipinski definition) is 5. The van der Waals surface area contributed by atoms with Gasteiger partial charge in [0.1, 0.15) is 13.2 Å². The summed E-state index contributed by atoms with van der Waals surface area (Å²) < 4.78 is 16.2. The molecule has 2 aliphatic rings. The number of nitrogens with zero attached hydrogens (tertiary/aromatic N) is 1. The van der Waals surface area contributed by atoms with Crippen LogP contribution >= 0.6 is 11.6 Å². The van der Waals surface area contributed by atoms with Crippen molar-refractivity contribution >= 4 is 23.4 Å². The number of likely N-dealkylation sites (tertiary alicyclic amines) is 1. The van der Waals surface area contributed by atoms with Gasteiger partial charge in [0.15, 0.2) is 17.3 Å². The molecule has 7 nitrogen and oxygen atoms in total. The van der Waals surface area contributed by atoms with Gasteiger partial charge in [-0.1, -0.05) is 11.6 Å². The van der Waals surface area contributed by atoms with Gasteiger partial charge in [0.2, 0.25) is 5.91 Å². The molecule has 3 heterocycles. The van der Waals surface area contributed by atoms with E-state index in [-0.39, 0.29) is 24.3 Å². The standard InChI is InChI=1S/C20H21ClN2O5/c21-15-10-13(11-17-19(15)28-9-8-27-17)12-18(24)22-14-3-5-23(6-4-14)20(25)16-2-1-7-26-16/h1-2,7,10-11,14H,3-6,8-9,12H2,(H,22,24). The van der Waals surface area contributed by atoms with Crippen molar-refractivity contribution < 1.29 is 23.5 Å². The molecule has 1 saturated heterocycles. The molecular formula is C20H21ClN2O5. The summed E-state index contributed by atoms with van der Waals surface area (Å²) in [5.74, 6) is 1.26. The summed E-state index contributed by atoms with van der Waals surface area (Å²) in [6.45, 7) is 2.10. The van der Waals surface area contributed by atoms with Gasteiger partial charge in [-0.3, -0.25) is 9.59 Å². The second-order valence-electron chi connectivity index (χ2n) is 6.89. The fourth-order valence-corrected chi connectivity index (χ4v) is 3.80. The van der Waals surface area contributed by atoms with Crippen molar-refractivity contribution in [3.8, 4) is 11.5 Å². The van der Waals surface area contributed by atoms with Crippen LogP contribution in [0.15, 0.2) is 34.9 Å². The molecule has 0 atom stereocenters. The predicted octanol–water partition coefficient (Wildman–Crippen LogP) is 2.67. The number of carbonyl (C=O) groups excluding carboxylic acids is 2. The molecule has 1 aromatic carbocycles. The largest absolute Gasteiger partial charge is 0.486 e. The van der Waals surface area contributed by atoms with Gasteiger partial charge in [0, 0.05) is 19.1 Å². The van der Waals surface area contributed by atoms with Crippen LogP contribution in [-0.4, -0.2) is 49.1 Å². The third kappa shape index (κ3) is 4.09. The van der Waals surface area contributed by atoms with Crippen LogP contribution in [0.4, 0.5) is 0 Å². The Morgan fingerprint density at radius 1 is 1.18 bits per heavy atom. The third-order valence-electron chi connectivity index (χ3n) is 4.90. The lowest BCUT2D eigenvalue weighted by molar-refractivity contribution is -0.121. The van der Waals surface area contributed by atoms with E-state index in [1.165, 1.54) is 6.26 Å². The first-order valence-electron chi connectivity index (χ1n) is 9.30. The Morgan fingerprint density at radius 2 is 1.96 bits per heavy atom. The van der Waals surface area contributed by atoms with E-state index in [9.17, 15) is 9.59 Å². The summed E-state index contributed by atoms with van der Waals surface area (Å²) in [6.07, 6.45) is 3.12. The fourth-order valence-electron chi connectivity index (χ4n) is 3.51. The lowest BCUT2D eigenvalue weighted by Crippen LogP contribution is -2.46. The maximum atomic E-state index is 12.4. The number of piperidine rings is 1. The molecule has 4 rings (SSSR count). The Bertz CT molecular complexity index is 860. The van der Waals surface area contributed by atoms with Crippen LogP contribution < -0.4 is 14.8 Å². The minimum atomic E-state index is -0.110. The molecule has 0 saturated carbocycles. The summed E-state index contributed by atoms with van der Waals surface area (Å²) in [4.78, 5) is 26.5. The third-order valence-corrected chi connectivity index (χ3v) is 5.18. The van der Waals surface area contributed by atoms with E-state index in [2.05, 4.69) is 5.32 Å². The summed E-state index contributed by atoms with van der Waals surface area (Å²) >= 11 is 6.23. The molecule has 2 aromatic rings. The van der Waals surface area contributed by atoms with Gasteiger partial charge in [-0.2, -0.15) is 0 Å². The highest BCUT2D eigenvalue weighted by Gasteiger charge is 2.26. The van der Waals surface area contributed by atoms with Gasteiger partial charge in [0.25, 0.3) is 5.91 Å². The number of halogens is 1.